The molecule has 0 aliphatic rings. The molecule has 0 aliphatic heterocycles. The van der Waals surface area contributed by atoms with Crippen LogP contribution in [-0.2, 0) is 0 Å². The van der Waals surface area contributed by atoms with Gasteiger partial charge in [0.05, 0.1) is 5.56 Å². The molecule has 0 saturated carbocycles. The van der Waals surface area contributed by atoms with Crippen LogP contribution in [0.25, 0.3) is 0 Å². The highest BCUT2D eigenvalue weighted by Gasteiger charge is 2.19. The Morgan fingerprint density at radius 2 is 1.85 bits per heavy atom. The van der Waals surface area contributed by atoms with E-state index in [0.717, 1.165) is 11.3 Å². The summed E-state index contributed by atoms with van der Waals surface area (Å²) in [6, 6.07) is 12.8. The highest BCUT2D eigenvalue weighted by molar-refractivity contribution is 6.09. The van der Waals surface area contributed by atoms with E-state index in [1.54, 1.807) is 23.1 Å². The number of rotatable bonds is 3. The molecular formula is C16H19N3O. The molecule has 0 radical (unpaired) electrons. The fourth-order valence-electron chi connectivity index (χ4n) is 2.21. The van der Waals surface area contributed by atoms with Crippen LogP contribution >= 0.6 is 0 Å². The molecule has 1 amide bonds. The smallest absolute Gasteiger partial charge is 0.260 e. The Hall–Kier alpha value is -2.49. The maximum absolute atomic E-state index is 12.7. The van der Waals surface area contributed by atoms with E-state index in [0.29, 0.717) is 23.5 Å². The van der Waals surface area contributed by atoms with Gasteiger partial charge in [-0.15, -0.1) is 0 Å². The van der Waals surface area contributed by atoms with Crippen molar-refractivity contribution in [1.29, 1.82) is 0 Å². The highest BCUT2D eigenvalue weighted by Crippen LogP contribution is 2.24. The van der Waals surface area contributed by atoms with E-state index in [-0.39, 0.29) is 5.91 Å². The molecule has 0 aromatic heterocycles. The van der Waals surface area contributed by atoms with E-state index in [2.05, 4.69) is 0 Å². The minimum atomic E-state index is -0.112. The molecule has 20 heavy (non-hydrogen) atoms. The Labute approximate surface area is 119 Å². The lowest BCUT2D eigenvalue weighted by Crippen LogP contribution is -2.31. The van der Waals surface area contributed by atoms with Crippen molar-refractivity contribution in [2.75, 3.05) is 22.9 Å². The number of hydrogen-bond donors (Lipinski definition) is 2. The third-order valence-electron chi connectivity index (χ3n) is 3.27. The van der Waals surface area contributed by atoms with Gasteiger partial charge in [-0.05, 0) is 43.7 Å². The summed E-state index contributed by atoms with van der Waals surface area (Å²) < 4.78 is 0. The summed E-state index contributed by atoms with van der Waals surface area (Å²) in [6.07, 6.45) is 0. The third kappa shape index (κ3) is 2.59. The molecule has 0 saturated heterocycles. The molecule has 4 heteroatoms. The van der Waals surface area contributed by atoms with E-state index < -0.39 is 0 Å². The lowest BCUT2D eigenvalue weighted by Gasteiger charge is -2.23. The van der Waals surface area contributed by atoms with Crippen LogP contribution in [0.5, 0.6) is 0 Å². The zero-order valence-electron chi connectivity index (χ0n) is 11.8. The monoisotopic (exact) mass is 269 g/mol. The summed E-state index contributed by atoms with van der Waals surface area (Å²) in [5, 5.41) is 0. The Balaban J connectivity index is 2.42. The molecular weight excluding hydrogens is 250 g/mol. The quantitative estimate of drug-likeness (QED) is 0.841. The third-order valence-corrected chi connectivity index (χ3v) is 3.27. The molecule has 0 aliphatic carbocycles. The number of carbonyl (C=O) groups excluding carboxylic acids is 1. The molecule has 2 rings (SSSR count). The Kier molecular flexibility index (Phi) is 3.94. The average molecular weight is 269 g/mol. The number of benzene rings is 2. The van der Waals surface area contributed by atoms with Crippen molar-refractivity contribution >= 4 is 23.0 Å². The number of aryl methyl sites for hydroxylation is 1. The van der Waals surface area contributed by atoms with Gasteiger partial charge in [0.2, 0.25) is 0 Å². The first-order valence-electron chi connectivity index (χ1n) is 6.57. The molecule has 0 heterocycles. The zero-order chi connectivity index (χ0) is 14.7. The van der Waals surface area contributed by atoms with Crippen LogP contribution in [0.1, 0.15) is 22.8 Å². The first-order valence-corrected chi connectivity index (χ1v) is 6.57. The number of amides is 1. The van der Waals surface area contributed by atoms with Crippen molar-refractivity contribution < 1.29 is 4.79 Å². The first-order chi connectivity index (χ1) is 9.54. The van der Waals surface area contributed by atoms with Gasteiger partial charge < -0.3 is 16.4 Å². The molecule has 2 aromatic rings. The van der Waals surface area contributed by atoms with Crippen molar-refractivity contribution in [2.45, 2.75) is 13.8 Å². The summed E-state index contributed by atoms with van der Waals surface area (Å²) in [6.45, 7) is 4.50. The van der Waals surface area contributed by atoms with Gasteiger partial charge in [0.1, 0.15) is 0 Å². The number of nitrogens with zero attached hydrogens (tertiary/aromatic N) is 1. The van der Waals surface area contributed by atoms with E-state index in [1.807, 2.05) is 38.1 Å². The SMILES string of the molecule is CCN(C(=O)c1ccc(N)cc1N)c1ccccc1C. The van der Waals surface area contributed by atoms with Gasteiger partial charge in [0.25, 0.3) is 5.91 Å². The van der Waals surface area contributed by atoms with Crippen LogP contribution in [0.15, 0.2) is 42.5 Å². The van der Waals surface area contributed by atoms with Gasteiger partial charge >= 0.3 is 0 Å². The van der Waals surface area contributed by atoms with Crippen molar-refractivity contribution in [1.82, 2.24) is 0 Å². The van der Waals surface area contributed by atoms with Crippen LogP contribution < -0.4 is 16.4 Å². The Bertz CT molecular complexity index is 637. The topological polar surface area (TPSA) is 72.3 Å². The van der Waals surface area contributed by atoms with Crippen LogP contribution in [0.3, 0.4) is 0 Å². The highest BCUT2D eigenvalue weighted by atomic mass is 16.2. The minimum Gasteiger partial charge on any atom is -0.399 e. The predicted octanol–water partition coefficient (Wildman–Crippen LogP) is 2.83. The normalized spacial score (nSPS) is 10.3. The summed E-state index contributed by atoms with van der Waals surface area (Å²) in [5.41, 5.74) is 15.0. The van der Waals surface area contributed by atoms with Gasteiger partial charge in [0.15, 0.2) is 0 Å². The second-order valence-electron chi connectivity index (χ2n) is 4.68. The van der Waals surface area contributed by atoms with Crippen molar-refractivity contribution in [3.8, 4) is 0 Å². The van der Waals surface area contributed by atoms with Crippen LogP contribution in [0.4, 0.5) is 17.1 Å². The number of nitrogen functional groups attached to an aromatic ring is 2. The number of para-hydroxylation sites is 1. The second-order valence-corrected chi connectivity index (χ2v) is 4.68. The molecule has 104 valence electrons. The molecule has 0 spiro atoms. The minimum absolute atomic E-state index is 0.112. The zero-order valence-corrected chi connectivity index (χ0v) is 11.8. The summed E-state index contributed by atoms with van der Waals surface area (Å²) in [5.74, 6) is -0.112. The molecule has 4 nitrogen and oxygen atoms in total. The molecule has 0 unspecified atom stereocenters. The fourth-order valence-corrected chi connectivity index (χ4v) is 2.21. The van der Waals surface area contributed by atoms with Crippen molar-refractivity contribution in [3.05, 3.63) is 53.6 Å². The van der Waals surface area contributed by atoms with Crippen molar-refractivity contribution in [2.24, 2.45) is 0 Å². The maximum Gasteiger partial charge on any atom is 0.260 e. The molecule has 4 N–H and O–H groups in total. The van der Waals surface area contributed by atoms with E-state index >= 15 is 0 Å². The predicted molar refractivity (Wildman–Crippen MR) is 83.8 cm³/mol. The lowest BCUT2D eigenvalue weighted by atomic mass is 10.1. The molecule has 2 aromatic carbocycles. The molecule has 0 fully saturated rings. The number of hydrogen-bond acceptors (Lipinski definition) is 3. The maximum atomic E-state index is 12.7. The summed E-state index contributed by atoms with van der Waals surface area (Å²) >= 11 is 0. The van der Waals surface area contributed by atoms with Gasteiger partial charge in [-0.3, -0.25) is 4.79 Å². The summed E-state index contributed by atoms with van der Waals surface area (Å²) in [7, 11) is 0. The second kappa shape index (κ2) is 5.65. The van der Waals surface area contributed by atoms with E-state index in [4.69, 9.17) is 11.5 Å². The Morgan fingerprint density at radius 3 is 2.45 bits per heavy atom. The average Bonchev–Trinajstić information content (AvgIpc) is 2.41. The standard InChI is InChI=1S/C16H19N3O/c1-3-19(15-7-5-4-6-11(15)2)16(20)13-9-8-12(17)10-14(13)18/h4-10H,3,17-18H2,1-2H3. The van der Waals surface area contributed by atoms with Crippen LogP contribution in [0, 0.1) is 6.92 Å². The Morgan fingerprint density at radius 1 is 1.15 bits per heavy atom. The first kappa shape index (κ1) is 13.9. The van der Waals surface area contributed by atoms with E-state index in [9.17, 15) is 4.79 Å². The van der Waals surface area contributed by atoms with Crippen LogP contribution in [-0.4, -0.2) is 12.5 Å². The summed E-state index contributed by atoms with van der Waals surface area (Å²) in [4.78, 5) is 14.4. The van der Waals surface area contributed by atoms with Gasteiger partial charge in [0, 0.05) is 23.6 Å². The van der Waals surface area contributed by atoms with Gasteiger partial charge in [-0.1, -0.05) is 18.2 Å². The number of carbonyl (C=O) groups is 1. The van der Waals surface area contributed by atoms with Crippen LogP contribution in [0.2, 0.25) is 0 Å². The van der Waals surface area contributed by atoms with Gasteiger partial charge in [-0.2, -0.15) is 0 Å². The molecule has 0 atom stereocenters. The lowest BCUT2D eigenvalue weighted by molar-refractivity contribution is 0.0989. The van der Waals surface area contributed by atoms with Gasteiger partial charge in [-0.25, -0.2) is 0 Å². The molecule has 0 bridgehead atoms. The van der Waals surface area contributed by atoms with E-state index in [1.165, 1.54) is 0 Å². The van der Waals surface area contributed by atoms with Crippen molar-refractivity contribution in [3.63, 3.8) is 0 Å². The largest absolute Gasteiger partial charge is 0.399 e. The fraction of sp³-hybridized carbons (Fsp3) is 0.188. The number of anilines is 3. The number of nitrogens with two attached hydrogens (primary N) is 2.